The first-order valence-corrected chi connectivity index (χ1v) is 9.91. The molecule has 2 aromatic carbocycles. The summed E-state index contributed by atoms with van der Waals surface area (Å²) >= 11 is 3.45. The van der Waals surface area contributed by atoms with Gasteiger partial charge in [0.15, 0.2) is 17.2 Å². The summed E-state index contributed by atoms with van der Waals surface area (Å²) in [5.41, 5.74) is 2.30. The molecule has 0 bridgehead atoms. The second-order valence-corrected chi connectivity index (χ2v) is 7.73. The number of nitro benzene ring substituents is 1. The topological polar surface area (TPSA) is 100 Å². The summed E-state index contributed by atoms with van der Waals surface area (Å²) in [6.45, 7) is 7.62. The van der Waals surface area contributed by atoms with Crippen LogP contribution in [0.4, 0.5) is 5.69 Å². The molecule has 0 atom stereocenters. The van der Waals surface area contributed by atoms with Gasteiger partial charge in [-0.25, -0.2) is 9.79 Å². The Labute approximate surface area is 187 Å². The van der Waals surface area contributed by atoms with Crippen LogP contribution >= 0.6 is 15.9 Å². The van der Waals surface area contributed by atoms with Crippen molar-refractivity contribution < 1.29 is 23.9 Å². The van der Waals surface area contributed by atoms with Gasteiger partial charge in [0.05, 0.1) is 16.5 Å². The molecule has 2 aromatic rings. The molecule has 0 aromatic heterocycles. The third-order valence-electron chi connectivity index (χ3n) is 4.29. The molecule has 0 saturated carbocycles. The molecule has 0 amide bonds. The third-order valence-corrected chi connectivity index (χ3v) is 4.88. The molecule has 0 N–H and O–H groups in total. The van der Waals surface area contributed by atoms with Gasteiger partial charge in [-0.15, -0.1) is 0 Å². The SMILES string of the molecule is C=C(C)COc1c(Br)cc(/C=C2\N=C(c3ccc(C)c([N+](=O)[O-])c3)OC2=O)cc1OC. The number of nitro groups is 1. The lowest BCUT2D eigenvalue weighted by molar-refractivity contribution is -0.385. The number of benzene rings is 2. The standard InChI is InChI=1S/C22H19BrN2O6/c1-12(2)11-30-20-16(23)7-14(9-19(20)29-4)8-17-22(26)31-21(24-17)15-6-5-13(3)18(10-15)25(27)28/h5-10H,1,11H2,2-4H3/b17-8-. The number of ether oxygens (including phenoxy) is 3. The number of hydrogen-bond acceptors (Lipinski definition) is 7. The van der Waals surface area contributed by atoms with E-state index in [2.05, 4.69) is 27.5 Å². The highest BCUT2D eigenvalue weighted by Gasteiger charge is 2.26. The summed E-state index contributed by atoms with van der Waals surface area (Å²) in [7, 11) is 1.51. The minimum atomic E-state index is -0.657. The summed E-state index contributed by atoms with van der Waals surface area (Å²) in [5.74, 6) is 0.327. The van der Waals surface area contributed by atoms with Crippen molar-refractivity contribution in [2.24, 2.45) is 4.99 Å². The molecule has 1 aliphatic heterocycles. The molecule has 1 heterocycles. The number of aryl methyl sites for hydroxylation is 1. The molecule has 0 fully saturated rings. The van der Waals surface area contributed by atoms with Crippen LogP contribution in [-0.2, 0) is 9.53 Å². The number of rotatable bonds is 7. The second kappa shape index (κ2) is 9.13. The maximum atomic E-state index is 12.3. The lowest BCUT2D eigenvalue weighted by atomic mass is 10.1. The Balaban J connectivity index is 1.95. The summed E-state index contributed by atoms with van der Waals surface area (Å²) in [4.78, 5) is 27.2. The van der Waals surface area contributed by atoms with Gasteiger partial charge in [0, 0.05) is 17.2 Å². The van der Waals surface area contributed by atoms with E-state index < -0.39 is 10.9 Å². The summed E-state index contributed by atoms with van der Waals surface area (Å²) in [5, 5.41) is 11.2. The normalized spacial score (nSPS) is 14.3. The Morgan fingerprint density at radius 2 is 2.10 bits per heavy atom. The van der Waals surface area contributed by atoms with Crippen LogP contribution in [-0.4, -0.2) is 30.5 Å². The highest BCUT2D eigenvalue weighted by Crippen LogP contribution is 2.38. The fourth-order valence-corrected chi connectivity index (χ4v) is 3.36. The number of carbonyl (C=O) groups excluding carboxylic acids is 1. The number of cyclic esters (lactones) is 1. The van der Waals surface area contributed by atoms with Crippen molar-refractivity contribution in [3.63, 3.8) is 0 Å². The van der Waals surface area contributed by atoms with E-state index >= 15 is 0 Å². The molecule has 0 saturated heterocycles. The summed E-state index contributed by atoms with van der Waals surface area (Å²) < 4.78 is 17.0. The van der Waals surface area contributed by atoms with Gasteiger partial charge in [0.2, 0.25) is 5.90 Å². The first-order valence-electron chi connectivity index (χ1n) is 9.12. The molecule has 9 heteroatoms. The van der Waals surface area contributed by atoms with E-state index in [9.17, 15) is 14.9 Å². The van der Waals surface area contributed by atoms with Gasteiger partial charge in [-0.2, -0.15) is 0 Å². The number of carbonyl (C=O) groups is 1. The van der Waals surface area contributed by atoms with E-state index in [0.29, 0.717) is 39.3 Å². The number of hydrogen-bond donors (Lipinski definition) is 0. The van der Waals surface area contributed by atoms with Crippen molar-refractivity contribution in [1.29, 1.82) is 0 Å². The highest BCUT2D eigenvalue weighted by atomic mass is 79.9. The zero-order valence-corrected chi connectivity index (χ0v) is 18.7. The first kappa shape index (κ1) is 22.2. The van der Waals surface area contributed by atoms with Crippen molar-refractivity contribution in [2.75, 3.05) is 13.7 Å². The van der Waals surface area contributed by atoms with Gasteiger partial charge in [-0.05, 0) is 65.2 Å². The van der Waals surface area contributed by atoms with Crippen LogP contribution in [0.2, 0.25) is 0 Å². The molecular formula is C22H19BrN2O6. The zero-order valence-electron chi connectivity index (χ0n) is 17.1. The van der Waals surface area contributed by atoms with Gasteiger partial charge >= 0.3 is 5.97 Å². The predicted octanol–water partition coefficient (Wildman–Crippen LogP) is 4.97. The molecule has 0 spiro atoms. The third kappa shape index (κ3) is 5.00. The van der Waals surface area contributed by atoms with E-state index in [1.165, 1.54) is 19.3 Å². The van der Waals surface area contributed by atoms with Gasteiger partial charge in [0.1, 0.15) is 6.61 Å². The fourth-order valence-electron chi connectivity index (χ4n) is 2.79. The lowest BCUT2D eigenvalue weighted by Crippen LogP contribution is -2.06. The van der Waals surface area contributed by atoms with Crippen LogP contribution in [0.15, 0.2) is 57.6 Å². The maximum absolute atomic E-state index is 12.3. The molecule has 8 nitrogen and oxygen atoms in total. The molecule has 0 aliphatic carbocycles. The number of esters is 1. The second-order valence-electron chi connectivity index (χ2n) is 6.87. The quantitative estimate of drug-likeness (QED) is 0.180. The van der Waals surface area contributed by atoms with Crippen molar-refractivity contribution in [3.05, 3.63) is 79.5 Å². The van der Waals surface area contributed by atoms with E-state index in [1.807, 2.05) is 6.92 Å². The average Bonchev–Trinajstić information content (AvgIpc) is 3.07. The van der Waals surface area contributed by atoms with Crippen molar-refractivity contribution in [3.8, 4) is 11.5 Å². The molecule has 3 rings (SSSR count). The van der Waals surface area contributed by atoms with E-state index in [1.54, 1.807) is 31.2 Å². The number of nitrogens with zero attached hydrogens (tertiary/aromatic N) is 2. The minimum absolute atomic E-state index is 0.00629. The largest absolute Gasteiger partial charge is 0.493 e. The predicted molar refractivity (Wildman–Crippen MR) is 119 cm³/mol. The Morgan fingerprint density at radius 3 is 2.74 bits per heavy atom. The number of methoxy groups -OCH3 is 1. The Morgan fingerprint density at radius 1 is 1.35 bits per heavy atom. The van der Waals surface area contributed by atoms with E-state index in [4.69, 9.17) is 14.2 Å². The molecule has 0 radical (unpaired) electrons. The summed E-state index contributed by atoms with van der Waals surface area (Å²) in [6.07, 6.45) is 1.54. The van der Waals surface area contributed by atoms with Gasteiger partial charge in [-0.3, -0.25) is 10.1 Å². The summed E-state index contributed by atoms with van der Waals surface area (Å²) in [6, 6.07) is 7.98. The van der Waals surface area contributed by atoms with Crippen LogP contribution in [0, 0.1) is 17.0 Å². The van der Waals surface area contributed by atoms with Gasteiger partial charge < -0.3 is 14.2 Å². The monoisotopic (exact) mass is 486 g/mol. The Kier molecular flexibility index (Phi) is 6.55. The van der Waals surface area contributed by atoms with Crippen LogP contribution in [0.25, 0.3) is 6.08 Å². The molecular weight excluding hydrogens is 468 g/mol. The van der Waals surface area contributed by atoms with Crippen LogP contribution in [0.5, 0.6) is 11.5 Å². The Bertz CT molecular complexity index is 1150. The molecule has 1 aliphatic rings. The molecule has 31 heavy (non-hydrogen) atoms. The van der Waals surface area contributed by atoms with Crippen LogP contribution in [0.1, 0.15) is 23.6 Å². The zero-order chi connectivity index (χ0) is 22.7. The number of halogens is 1. The molecule has 160 valence electrons. The molecule has 0 unspecified atom stereocenters. The minimum Gasteiger partial charge on any atom is -0.493 e. The smallest absolute Gasteiger partial charge is 0.363 e. The van der Waals surface area contributed by atoms with Crippen LogP contribution in [0.3, 0.4) is 0 Å². The lowest BCUT2D eigenvalue weighted by Gasteiger charge is -2.13. The van der Waals surface area contributed by atoms with Crippen molar-refractivity contribution in [1.82, 2.24) is 0 Å². The van der Waals surface area contributed by atoms with Crippen molar-refractivity contribution >= 4 is 39.6 Å². The maximum Gasteiger partial charge on any atom is 0.363 e. The van der Waals surface area contributed by atoms with Crippen LogP contribution < -0.4 is 9.47 Å². The fraction of sp³-hybridized carbons (Fsp3) is 0.182. The highest BCUT2D eigenvalue weighted by molar-refractivity contribution is 9.10. The van der Waals surface area contributed by atoms with E-state index in [0.717, 1.165) is 5.57 Å². The van der Waals surface area contributed by atoms with E-state index in [-0.39, 0.29) is 17.3 Å². The number of aliphatic imine (C=N–C) groups is 1. The van der Waals surface area contributed by atoms with Gasteiger partial charge in [-0.1, -0.05) is 12.6 Å². The van der Waals surface area contributed by atoms with Gasteiger partial charge in [0.25, 0.3) is 5.69 Å². The average molecular weight is 487 g/mol. The van der Waals surface area contributed by atoms with Crippen molar-refractivity contribution in [2.45, 2.75) is 13.8 Å². The Hall–Kier alpha value is -3.46. The first-order chi connectivity index (χ1) is 14.7.